The summed E-state index contributed by atoms with van der Waals surface area (Å²) in [7, 11) is 0. The van der Waals surface area contributed by atoms with Gasteiger partial charge in [0.15, 0.2) is 5.69 Å². The lowest BCUT2D eigenvalue weighted by Gasteiger charge is -2.08. The van der Waals surface area contributed by atoms with Crippen LogP contribution in [0.5, 0.6) is 0 Å². The number of amides is 2. The lowest BCUT2D eigenvalue weighted by molar-refractivity contribution is 0.0844. The smallest absolute Gasteiger partial charge is 0.290 e. The van der Waals surface area contributed by atoms with Crippen LogP contribution < -0.4 is 16.6 Å². The number of carbonyl (C=O) groups excluding carboxylic acids is 2. The van der Waals surface area contributed by atoms with Gasteiger partial charge in [0.1, 0.15) is 5.69 Å². The van der Waals surface area contributed by atoms with E-state index in [1.54, 1.807) is 41.8 Å². The summed E-state index contributed by atoms with van der Waals surface area (Å²) in [5, 5.41) is 16.9. The van der Waals surface area contributed by atoms with Crippen LogP contribution in [-0.4, -0.2) is 37.1 Å². The van der Waals surface area contributed by atoms with Crippen LogP contribution in [0.15, 0.2) is 52.5 Å². The molecule has 0 aliphatic rings. The molecule has 0 saturated heterocycles. The summed E-state index contributed by atoms with van der Waals surface area (Å²) in [4.78, 5) is 25.4. The predicted molar refractivity (Wildman–Crippen MR) is 98.3 cm³/mol. The Kier molecular flexibility index (Phi) is 4.51. The van der Waals surface area contributed by atoms with Crippen LogP contribution in [0.25, 0.3) is 17.1 Å². The number of thiophene rings is 1. The maximum absolute atomic E-state index is 12.9. The van der Waals surface area contributed by atoms with Crippen LogP contribution in [0.1, 0.15) is 20.2 Å². The fourth-order valence-electron chi connectivity index (χ4n) is 2.40. The van der Waals surface area contributed by atoms with E-state index >= 15 is 0 Å². The van der Waals surface area contributed by atoms with Crippen molar-refractivity contribution in [3.8, 4) is 17.1 Å². The highest BCUT2D eigenvalue weighted by Gasteiger charge is 2.26. The van der Waals surface area contributed by atoms with Gasteiger partial charge in [-0.15, -0.1) is 16.4 Å². The normalized spacial score (nSPS) is 10.6. The fraction of sp³-hybridized carbons (Fsp3) is 0. The number of nitrogen functional groups attached to an aromatic ring is 1. The molecular weight excluding hydrogens is 384 g/mol. The molecule has 12 heteroatoms. The van der Waals surface area contributed by atoms with E-state index in [0.29, 0.717) is 10.4 Å². The van der Waals surface area contributed by atoms with Gasteiger partial charge >= 0.3 is 0 Å². The van der Waals surface area contributed by atoms with E-state index in [9.17, 15) is 9.59 Å². The number of nitrogens with zero attached hydrogens (tertiary/aromatic N) is 5. The molecule has 11 nitrogen and oxygen atoms in total. The monoisotopic (exact) mass is 396 g/mol. The third-order valence-corrected chi connectivity index (χ3v) is 4.53. The van der Waals surface area contributed by atoms with E-state index < -0.39 is 11.8 Å². The Hall–Kier alpha value is -4.06. The van der Waals surface area contributed by atoms with Gasteiger partial charge in [-0.1, -0.05) is 41.6 Å². The Labute approximate surface area is 161 Å². The molecule has 4 N–H and O–H groups in total. The van der Waals surface area contributed by atoms with Gasteiger partial charge in [0.05, 0.1) is 4.88 Å². The molecule has 2 amide bonds. The average Bonchev–Trinajstić information content (AvgIpc) is 3.46. The molecule has 4 rings (SSSR count). The van der Waals surface area contributed by atoms with Gasteiger partial charge in [0.25, 0.3) is 11.8 Å². The summed E-state index contributed by atoms with van der Waals surface area (Å²) in [6.45, 7) is 0. The molecule has 3 aromatic heterocycles. The maximum Gasteiger partial charge on any atom is 0.290 e. The molecule has 3 heterocycles. The Morgan fingerprint density at radius 3 is 2.50 bits per heavy atom. The first-order valence-corrected chi connectivity index (χ1v) is 8.77. The van der Waals surface area contributed by atoms with E-state index in [1.807, 2.05) is 6.07 Å². The molecule has 28 heavy (non-hydrogen) atoms. The number of anilines is 1. The van der Waals surface area contributed by atoms with Crippen molar-refractivity contribution in [2.45, 2.75) is 0 Å². The van der Waals surface area contributed by atoms with Crippen molar-refractivity contribution in [3.63, 3.8) is 0 Å². The van der Waals surface area contributed by atoms with E-state index in [2.05, 4.69) is 36.1 Å². The second kappa shape index (κ2) is 7.28. The van der Waals surface area contributed by atoms with Crippen molar-refractivity contribution in [1.29, 1.82) is 0 Å². The molecule has 0 unspecified atom stereocenters. The Balaban J connectivity index is 1.69. The number of nitrogens with one attached hydrogen (secondary N) is 2. The van der Waals surface area contributed by atoms with Crippen molar-refractivity contribution in [3.05, 3.63) is 58.4 Å². The number of nitrogens with two attached hydrogens (primary N) is 1. The number of aromatic nitrogens is 5. The molecule has 0 atom stereocenters. The molecular formula is C16H12N8O3S. The van der Waals surface area contributed by atoms with Crippen LogP contribution in [0, 0.1) is 0 Å². The summed E-state index contributed by atoms with van der Waals surface area (Å²) in [6.07, 6.45) is 0. The van der Waals surface area contributed by atoms with Crippen molar-refractivity contribution in [1.82, 2.24) is 36.2 Å². The fourth-order valence-corrected chi connectivity index (χ4v) is 3.02. The predicted octanol–water partition coefficient (Wildman–Crippen LogP) is 1.04. The molecule has 0 radical (unpaired) electrons. The van der Waals surface area contributed by atoms with Gasteiger partial charge < -0.3 is 5.73 Å². The maximum atomic E-state index is 12.9. The number of hydrogen-bond acceptors (Lipinski definition) is 9. The highest BCUT2D eigenvalue weighted by atomic mass is 32.1. The molecule has 0 spiro atoms. The molecule has 0 saturated carbocycles. The van der Waals surface area contributed by atoms with Crippen molar-refractivity contribution < 1.29 is 14.2 Å². The first kappa shape index (κ1) is 17.4. The molecule has 0 bridgehead atoms. The minimum atomic E-state index is -0.670. The Morgan fingerprint density at radius 2 is 1.82 bits per heavy atom. The molecule has 0 fully saturated rings. The van der Waals surface area contributed by atoms with Crippen LogP contribution in [0.2, 0.25) is 0 Å². The van der Waals surface area contributed by atoms with Crippen molar-refractivity contribution >= 4 is 29.0 Å². The molecule has 4 aromatic rings. The first-order valence-electron chi connectivity index (χ1n) is 7.89. The van der Waals surface area contributed by atoms with Crippen LogP contribution in [0.3, 0.4) is 0 Å². The molecule has 1 aromatic carbocycles. The van der Waals surface area contributed by atoms with Gasteiger partial charge in [-0.05, 0) is 21.8 Å². The summed E-state index contributed by atoms with van der Waals surface area (Å²) >= 11 is 1.24. The van der Waals surface area contributed by atoms with E-state index in [1.165, 1.54) is 11.3 Å². The van der Waals surface area contributed by atoms with E-state index in [-0.39, 0.29) is 23.0 Å². The first-order chi connectivity index (χ1) is 13.6. The Bertz CT molecular complexity index is 1120. The van der Waals surface area contributed by atoms with E-state index in [4.69, 9.17) is 5.73 Å². The summed E-state index contributed by atoms with van der Waals surface area (Å²) in [6, 6.07) is 12.3. The third-order valence-electron chi connectivity index (χ3n) is 3.66. The summed E-state index contributed by atoms with van der Waals surface area (Å²) in [5.41, 5.74) is 11.3. The van der Waals surface area contributed by atoms with Gasteiger partial charge in [-0.2, -0.15) is 4.68 Å². The topological polar surface area (TPSA) is 154 Å². The van der Waals surface area contributed by atoms with Gasteiger partial charge in [0, 0.05) is 5.56 Å². The number of hydrazine groups is 1. The largest absolute Gasteiger partial charge is 0.378 e. The minimum absolute atomic E-state index is 0.0000737. The van der Waals surface area contributed by atoms with Crippen molar-refractivity contribution in [2.24, 2.45) is 0 Å². The molecule has 0 aliphatic carbocycles. The molecule has 0 aliphatic heterocycles. The summed E-state index contributed by atoms with van der Waals surface area (Å²) < 4.78 is 5.68. The standard InChI is InChI=1S/C16H12N8O3S/c17-13-14(22-27-21-13)24-12(11(18-23-24)9-5-2-1-3-6-9)16(26)20-19-15(25)10-7-4-8-28-10/h1-8H,(H2,17,21)(H,19,25)(H,20,26). The zero-order valence-electron chi connectivity index (χ0n) is 14.1. The number of hydrogen-bond donors (Lipinski definition) is 3. The highest BCUT2D eigenvalue weighted by Crippen LogP contribution is 2.24. The van der Waals surface area contributed by atoms with E-state index in [0.717, 1.165) is 4.68 Å². The number of benzene rings is 1. The second-order valence-electron chi connectivity index (χ2n) is 5.42. The summed E-state index contributed by atoms with van der Waals surface area (Å²) in [5.74, 6) is -1.19. The van der Waals surface area contributed by atoms with Crippen LogP contribution in [0.4, 0.5) is 5.82 Å². The molecule has 140 valence electrons. The average molecular weight is 396 g/mol. The third kappa shape index (κ3) is 3.19. The zero-order valence-corrected chi connectivity index (χ0v) is 14.9. The van der Waals surface area contributed by atoms with Crippen LogP contribution >= 0.6 is 11.3 Å². The second-order valence-corrected chi connectivity index (χ2v) is 6.37. The van der Waals surface area contributed by atoms with Gasteiger partial charge in [-0.3, -0.25) is 20.4 Å². The Morgan fingerprint density at radius 1 is 1.04 bits per heavy atom. The number of carbonyl (C=O) groups is 2. The SMILES string of the molecule is Nc1nonc1-n1nnc(-c2ccccc2)c1C(=O)NNC(=O)c1cccs1. The number of rotatable bonds is 4. The highest BCUT2D eigenvalue weighted by molar-refractivity contribution is 7.12. The van der Waals surface area contributed by atoms with Crippen molar-refractivity contribution in [2.75, 3.05) is 5.73 Å². The van der Waals surface area contributed by atoms with Gasteiger partial charge in [-0.25, -0.2) is 4.63 Å². The minimum Gasteiger partial charge on any atom is -0.378 e. The van der Waals surface area contributed by atoms with Crippen LogP contribution in [-0.2, 0) is 0 Å². The zero-order chi connectivity index (χ0) is 19.5. The lowest BCUT2D eigenvalue weighted by atomic mass is 10.1. The lowest BCUT2D eigenvalue weighted by Crippen LogP contribution is -2.42. The van der Waals surface area contributed by atoms with Gasteiger partial charge in [0.2, 0.25) is 11.6 Å². The quantitative estimate of drug-likeness (QED) is 0.432.